The molecule has 7 heteroatoms. The average Bonchev–Trinajstić information content (AvgIpc) is 3.11. The molecule has 156 valence electrons. The van der Waals surface area contributed by atoms with Crippen LogP contribution in [-0.2, 0) is 0 Å². The standard InChI is InChI=1S/C24H23N5O2/c1-5-15(3)28-13-25-22-20(24(28)30)21-23(27-17-9-7-6-8-16(17)26-21)29(22)18-12-14(2)10-11-19(18)31-4/h6-13,15H,5H2,1-4H3/t15-/m1/s1. The molecule has 0 saturated heterocycles. The van der Waals surface area contributed by atoms with Crippen molar-refractivity contribution in [2.45, 2.75) is 33.2 Å². The third kappa shape index (κ3) is 2.88. The van der Waals surface area contributed by atoms with Crippen LogP contribution < -0.4 is 10.3 Å². The first kappa shape index (κ1) is 19.2. The molecular weight excluding hydrogens is 390 g/mol. The molecule has 5 aromatic rings. The number of benzene rings is 2. The number of aromatic nitrogens is 5. The van der Waals surface area contributed by atoms with E-state index < -0.39 is 0 Å². The van der Waals surface area contributed by atoms with E-state index >= 15 is 0 Å². The normalized spacial score (nSPS) is 12.6. The highest BCUT2D eigenvalue weighted by atomic mass is 16.5. The van der Waals surface area contributed by atoms with E-state index in [1.165, 1.54) is 0 Å². The highest BCUT2D eigenvalue weighted by Gasteiger charge is 2.23. The number of ether oxygens (including phenoxy) is 1. The van der Waals surface area contributed by atoms with Crippen LogP contribution in [0.4, 0.5) is 0 Å². The molecule has 0 saturated carbocycles. The Hall–Kier alpha value is -3.74. The van der Waals surface area contributed by atoms with Gasteiger partial charge in [-0.3, -0.25) is 13.9 Å². The largest absolute Gasteiger partial charge is 0.495 e. The van der Waals surface area contributed by atoms with Crippen molar-refractivity contribution < 1.29 is 4.74 Å². The summed E-state index contributed by atoms with van der Waals surface area (Å²) in [5.74, 6) is 0.673. The Kier molecular flexibility index (Phi) is 4.46. The first-order valence-corrected chi connectivity index (χ1v) is 10.4. The van der Waals surface area contributed by atoms with Crippen molar-refractivity contribution in [1.29, 1.82) is 0 Å². The molecule has 2 aromatic carbocycles. The van der Waals surface area contributed by atoms with Gasteiger partial charge in [0.2, 0.25) is 0 Å². The maximum absolute atomic E-state index is 13.6. The Morgan fingerprint density at radius 2 is 1.81 bits per heavy atom. The highest BCUT2D eigenvalue weighted by Crippen LogP contribution is 2.33. The van der Waals surface area contributed by atoms with Crippen LogP contribution in [0.15, 0.2) is 53.6 Å². The minimum absolute atomic E-state index is 0.0321. The Bertz CT molecular complexity index is 1520. The number of hydrogen-bond donors (Lipinski definition) is 0. The average molecular weight is 413 g/mol. The fourth-order valence-corrected chi connectivity index (χ4v) is 3.96. The Labute approximate surface area is 179 Å². The molecule has 0 spiro atoms. The monoisotopic (exact) mass is 413 g/mol. The predicted octanol–water partition coefficient (Wildman–Crippen LogP) is 4.57. The summed E-state index contributed by atoms with van der Waals surface area (Å²) in [5, 5.41) is 0.472. The van der Waals surface area contributed by atoms with E-state index in [0.29, 0.717) is 27.9 Å². The Morgan fingerprint density at radius 1 is 1.06 bits per heavy atom. The van der Waals surface area contributed by atoms with Gasteiger partial charge in [0.05, 0.1) is 23.8 Å². The van der Waals surface area contributed by atoms with E-state index in [-0.39, 0.29) is 11.6 Å². The van der Waals surface area contributed by atoms with Crippen molar-refractivity contribution in [1.82, 2.24) is 24.1 Å². The summed E-state index contributed by atoms with van der Waals surface area (Å²) in [5.41, 5.74) is 4.89. The van der Waals surface area contributed by atoms with Crippen LogP contribution in [0, 0.1) is 6.92 Å². The molecule has 0 unspecified atom stereocenters. The maximum Gasteiger partial charge on any atom is 0.265 e. The summed E-state index contributed by atoms with van der Waals surface area (Å²) in [6.45, 7) is 6.08. The minimum atomic E-state index is -0.112. The molecule has 7 nitrogen and oxygen atoms in total. The number of hydrogen-bond acceptors (Lipinski definition) is 5. The van der Waals surface area contributed by atoms with Gasteiger partial charge in [-0.05, 0) is 50.1 Å². The van der Waals surface area contributed by atoms with Crippen LogP contribution in [0.1, 0.15) is 31.9 Å². The topological polar surface area (TPSA) is 74.8 Å². The molecule has 0 amide bonds. The zero-order chi connectivity index (χ0) is 21.7. The van der Waals surface area contributed by atoms with Crippen molar-refractivity contribution in [3.8, 4) is 11.4 Å². The van der Waals surface area contributed by atoms with Crippen molar-refractivity contribution in [2.24, 2.45) is 0 Å². The second-order valence-electron chi connectivity index (χ2n) is 7.81. The third-order valence-corrected chi connectivity index (χ3v) is 5.83. The summed E-state index contributed by atoms with van der Waals surface area (Å²) in [7, 11) is 1.63. The van der Waals surface area contributed by atoms with Crippen LogP contribution in [0.3, 0.4) is 0 Å². The molecule has 0 N–H and O–H groups in total. The van der Waals surface area contributed by atoms with Crippen molar-refractivity contribution >= 4 is 33.2 Å². The van der Waals surface area contributed by atoms with E-state index in [1.807, 2.05) is 60.9 Å². The third-order valence-electron chi connectivity index (χ3n) is 5.83. The van der Waals surface area contributed by atoms with Gasteiger partial charge in [-0.1, -0.05) is 25.1 Å². The summed E-state index contributed by atoms with van der Waals surface area (Å²) in [4.78, 5) is 28.0. The van der Waals surface area contributed by atoms with Gasteiger partial charge in [0.15, 0.2) is 11.3 Å². The molecule has 0 aliphatic rings. The van der Waals surface area contributed by atoms with Gasteiger partial charge in [0.25, 0.3) is 5.56 Å². The molecule has 5 rings (SSSR count). The summed E-state index contributed by atoms with van der Waals surface area (Å²) >= 11 is 0. The van der Waals surface area contributed by atoms with Gasteiger partial charge in [0, 0.05) is 6.04 Å². The number of para-hydroxylation sites is 2. The second-order valence-corrected chi connectivity index (χ2v) is 7.81. The van der Waals surface area contributed by atoms with Crippen molar-refractivity contribution in [3.63, 3.8) is 0 Å². The van der Waals surface area contributed by atoms with Gasteiger partial charge in [-0.2, -0.15) is 0 Å². The van der Waals surface area contributed by atoms with Gasteiger partial charge < -0.3 is 4.74 Å². The van der Waals surface area contributed by atoms with Crippen LogP contribution in [0.25, 0.3) is 38.9 Å². The molecule has 3 aromatic heterocycles. The maximum atomic E-state index is 13.6. The fourth-order valence-electron chi connectivity index (χ4n) is 3.96. The number of methoxy groups -OCH3 is 1. The number of aryl methyl sites for hydroxylation is 1. The molecule has 0 aliphatic carbocycles. The molecule has 0 bridgehead atoms. The zero-order valence-electron chi connectivity index (χ0n) is 18.0. The molecule has 0 radical (unpaired) electrons. The lowest BCUT2D eigenvalue weighted by Crippen LogP contribution is -2.23. The van der Waals surface area contributed by atoms with Gasteiger partial charge in [-0.25, -0.2) is 15.0 Å². The Balaban J connectivity index is 2.01. The van der Waals surface area contributed by atoms with E-state index in [1.54, 1.807) is 18.0 Å². The van der Waals surface area contributed by atoms with Gasteiger partial charge in [0.1, 0.15) is 23.0 Å². The Morgan fingerprint density at radius 3 is 2.52 bits per heavy atom. The second kappa shape index (κ2) is 7.19. The quantitative estimate of drug-likeness (QED) is 0.431. The molecule has 3 heterocycles. The lowest BCUT2D eigenvalue weighted by Gasteiger charge is -2.14. The summed E-state index contributed by atoms with van der Waals surface area (Å²) in [6.07, 6.45) is 2.45. The molecule has 1 atom stereocenters. The van der Waals surface area contributed by atoms with Gasteiger partial charge >= 0.3 is 0 Å². The first-order valence-electron chi connectivity index (χ1n) is 10.4. The molecule has 31 heavy (non-hydrogen) atoms. The van der Waals surface area contributed by atoms with Crippen molar-refractivity contribution in [3.05, 3.63) is 64.7 Å². The number of fused-ring (bicyclic) bond motifs is 4. The van der Waals surface area contributed by atoms with Crippen LogP contribution in [0.5, 0.6) is 5.75 Å². The van der Waals surface area contributed by atoms with E-state index in [4.69, 9.17) is 19.7 Å². The summed E-state index contributed by atoms with van der Waals surface area (Å²) in [6, 6.07) is 13.6. The molecule has 0 fully saturated rings. The van der Waals surface area contributed by atoms with Crippen LogP contribution >= 0.6 is 0 Å². The fraction of sp³-hybridized carbons (Fsp3) is 0.250. The molecular formula is C24H23N5O2. The highest BCUT2D eigenvalue weighted by molar-refractivity contribution is 6.06. The first-order chi connectivity index (χ1) is 15.0. The van der Waals surface area contributed by atoms with E-state index in [2.05, 4.69) is 6.92 Å². The lowest BCUT2D eigenvalue weighted by molar-refractivity contribution is 0.413. The van der Waals surface area contributed by atoms with E-state index in [9.17, 15) is 4.79 Å². The summed E-state index contributed by atoms with van der Waals surface area (Å²) < 4.78 is 9.20. The number of nitrogens with zero attached hydrogens (tertiary/aromatic N) is 5. The minimum Gasteiger partial charge on any atom is -0.495 e. The SMILES string of the molecule is CC[C@@H](C)n1cnc2c(c1=O)c1nc3ccccc3nc1n2-c1cc(C)ccc1OC. The van der Waals surface area contributed by atoms with E-state index in [0.717, 1.165) is 28.7 Å². The van der Waals surface area contributed by atoms with Crippen molar-refractivity contribution in [2.75, 3.05) is 7.11 Å². The number of rotatable bonds is 4. The van der Waals surface area contributed by atoms with Crippen LogP contribution in [0.2, 0.25) is 0 Å². The lowest BCUT2D eigenvalue weighted by atomic mass is 10.2. The van der Waals surface area contributed by atoms with Gasteiger partial charge in [-0.15, -0.1) is 0 Å². The smallest absolute Gasteiger partial charge is 0.265 e. The molecule has 0 aliphatic heterocycles. The van der Waals surface area contributed by atoms with Crippen LogP contribution in [-0.4, -0.2) is 31.2 Å². The zero-order valence-corrected chi connectivity index (χ0v) is 18.0. The predicted molar refractivity (Wildman–Crippen MR) is 122 cm³/mol.